The molecule has 0 fully saturated rings. The number of hydrogen-bond donors (Lipinski definition) is 2. The number of benzene rings is 2. The molecule has 4 aromatic rings. The first-order valence-electron chi connectivity index (χ1n) is 8.79. The number of aromatic carboxylic acids is 1. The van der Waals surface area contributed by atoms with E-state index in [1.54, 1.807) is 42.8 Å². The summed E-state index contributed by atoms with van der Waals surface area (Å²) in [6, 6.07) is 16.1. The smallest absolute Gasteiger partial charge is 0.355 e. The molecule has 150 valence electrons. The van der Waals surface area contributed by atoms with Crippen molar-refractivity contribution in [2.45, 2.75) is 4.90 Å². The standard InChI is InChI=1S/C21H15BrN4O3S/c1-30(29)14-8-6-13(7-9-14)24-21-23-11-12-10-16(15-4-2-3-5-17(15)22)18(20(27)28)25-19(12)26-21/h2-11H,1H3,(H,27,28)(H,23,24,25,26). The van der Waals surface area contributed by atoms with Crippen molar-refractivity contribution in [3.8, 4) is 11.1 Å². The third kappa shape index (κ3) is 4.07. The average Bonchev–Trinajstić information content (AvgIpc) is 2.73. The van der Waals surface area contributed by atoms with Gasteiger partial charge in [-0.1, -0.05) is 34.1 Å². The molecule has 0 saturated heterocycles. The summed E-state index contributed by atoms with van der Waals surface area (Å²) in [7, 11) is -1.06. The molecule has 4 rings (SSSR count). The normalized spacial score (nSPS) is 11.9. The predicted octanol–water partition coefficient (Wildman–Crippen LogP) is 4.63. The Bertz CT molecular complexity index is 1300. The second kappa shape index (κ2) is 8.29. The molecule has 0 spiro atoms. The Hall–Kier alpha value is -3.17. The van der Waals surface area contributed by atoms with E-state index in [-0.39, 0.29) is 17.3 Å². The van der Waals surface area contributed by atoms with Gasteiger partial charge in [0.05, 0.1) is 0 Å². The van der Waals surface area contributed by atoms with Crippen molar-refractivity contribution in [1.82, 2.24) is 15.0 Å². The zero-order valence-electron chi connectivity index (χ0n) is 15.7. The summed E-state index contributed by atoms with van der Waals surface area (Å²) in [6.45, 7) is 0. The number of rotatable bonds is 5. The summed E-state index contributed by atoms with van der Waals surface area (Å²) < 4.78 is 12.3. The topological polar surface area (TPSA) is 105 Å². The summed E-state index contributed by atoms with van der Waals surface area (Å²) >= 11 is 3.46. The zero-order chi connectivity index (χ0) is 21.3. The first-order chi connectivity index (χ1) is 14.4. The molecule has 2 N–H and O–H groups in total. The predicted molar refractivity (Wildman–Crippen MR) is 119 cm³/mol. The van der Waals surface area contributed by atoms with E-state index in [1.807, 2.05) is 24.3 Å². The SMILES string of the molecule is CS(=O)c1ccc(Nc2ncc3cc(-c4ccccc4Br)c(C(=O)O)nc3n2)cc1. The molecule has 2 aromatic carbocycles. The number of pyridine rings is 1. The largest absolute Gasteiger partial charge is 0.476 e. The van der Waals surface area contributed by atoms with Crippen LogP contribution in [-0.2, 0) is 10.8 Å². The van der Waals surface area contributed by atoms with Crippen molar-refractivity contribution in [2.75, 3.05) is 11.6 Å². The molecule has 2 aromatic heterocycles. The van der Waals surface area contributed by atoms with Crippen LogP contribution in [0.15, 0.2) is 70.2 Å². The first-order valence-corrected chi connectivity index (χ1v) is 11.1. The molecule has 0 saturated carbocycles. The Labute approximate surface area is 182 Å². The third-order valence-corrected chi connectivity index (χ3v) is 6.01. The fourth-order valence-electron chi connectivity index (χ4n) is 2.93. The van der Waals surface area contributed by atoms with Crippen LogP contribution in [0.3, 0.4) is 0 Å². The zero-order valence-corrected chi connectivity index (χ0v) is 18.1. The number of nitrogens with zero attached hydrogens (tertiary/aromatic N) is 3. The van der Waals surface area contributed by atoms with Crippen molar-refractivity contribution >= 4 is 55.4 Å². The second-order valence-corrected chi connectivity index (χ2v) is 8.61. The summed E-state index contributed by atoms with van der Waals surface area (Å²) in [4.78, 5) is 25.5. The van der Waals surface area contributed by atoms with E-state index in [2.05, 4.69) is 36.2 Å². The van der Waals surface area contributed by atoms with Crippen LogP contribution < -0.4 is 5.32 Å². The summed E-state index contributed by atoms with van der Waals surface area (Å²) in [5.41, 5.74) is 2.10. The van der Waals surface area contributed by atoms with Crippen LogP contribution in [0.4, 0.5) is 11.6 Å². The molecule has 1 atom stereocenters. The highest BCUT2D eigenvalue weighted by Gasteiger charge is 2.18. The summed E-state index contributed by atoms with van der Waals surface area (Å²) in [5, 5.41) is 13.4. The second-order valence-electron chi connectivity index (χ2n) is 6.38. The number of carboxylic acid groups (broad SMARTS) is 1. The number of aromatic nitrogens is 3. The number of halogens is 1. The van der Waals surface area contributed by atoms with Gasteiger partial charge < -0.3 is 10.4 Å². The van der Waals surface area contributed by atoms with Crippen LogP contribution in [0.1, 0.15) is 10.5 Å². The van der Waals surface area contributed by atoms with Crippen molar-refractivity contribution in [2.24, 2.45) is 0 Å². The van der Waals surface area contributed by atoms with Crippen molar-refractivity contribution in [1.29, 1.82) is 0 Å². The molecule has 0 aliphatic heterocycles. The van der Waals surface area contributed by atoms with Crippen LogP contribution in [0.25, 0.3) is 22.2 Å². The summed E-state index contributed by atoms with van der Waals surface area (Å²) in [5.74, 6) is -0.857. The van der Waals surface area contributed by atoms with E-state index in [0.717, 1.165) is 10.0 Å². The van der Waals surface area contributed by atoms with Crippen LogP contribution in [0, 0.1) is 0 Å². The maximum atomic E-state index is 11.9. The van der Waals surface area contributed by atoms with E-state index in [1.165, 1.54) is 0 Å². The van der Waals surface area contributed by atoms with Crippen molar-refractivity contribution in [3.63, 3.8) is 0 Å². The highest BCUT2D eigenvalue weighted by Crippen LogP contribution is 2.32. The van der Waals surface area contributed by atoms with Gasteiger partial charge in [-0.05, 0) is 42.0 Å². The minimum absolute atomic E-state index is 0.0890. The molecule has 0 aliphatic carbocycles. The lowest BCUT2D eigenvalue weighted by atomic mass is 10.0. The fourth-order valence-corrected chi connectivity index (χ4v) is 3.95. The van der Waals surface area contributed by atoms with Gasteiger partial charge in [-0.2, -0.15) is 4.98 Å². The lowest BCUT2D eigenvalue weighted by Crippen LogP contribution is -2.06. The number of carboxylic acids is 1. The van der Waals surface area contributed by atoms with Crippen molar-refractivity contribution < 1.29 is 14.1 Å². The minimum atomic E-state index is -1.14. The van der Waals surface area contributed by atoms with Crippen LogP contribution in [-0.4, -0.2) is 36.5 Å². The van der Waals surface area contributed by atoms with Gasteiger partial charge in [-0.15, -0.1) is 0 Å². The molecule has 0 radical (unpaired) electrons. The Balaban J connectivity index is 1.74. The van der Waals surface area contributed by atoms with Crippen molar-refractivity contribution in [3.05, 3.63) is 71.0 Å². The number of fused-ring (bicyclic) bond motifs is 1. The molecular formula is C21H15BrN4O3S. The van der Waals surface area contributed by atoms with E-state index in [4.69, 9.17) is 0 Å². The van der Waals surface area contributed by atoms with Gasteiger partial charge in [0.1, 0.15) is 0 Å². The number of anilines is 2. The molecule has 9 heteroatoms. The van der Waals surface area contributed by atoms with Gasteiger partial charge >= 0.3 is 5.97 Å². The van der Waals surface area contributed by atoms with E-state index in [9.17, 15) is 14.1 Å². The van der Waals surface area contributed by atoms with Crippen LogP contribution in [0.5, 0.6) is 0 Å². The molecule has 0 bridgehead atoms. The average molecular weight is 483 g/mol. The van der Waals surface area contributed by atoms with E-state index < -0.39 is 16.8 Å². The molecular weight excluding hydrogens is 468 g/mol. The molecule has 0 amide bonds. The Kier molecular flexibility index (Phi) is 5.56. The van der Waals surface area contributed by atoms with Crippen LogP contribution in [0.2, 0.25) is 0 Å². The molecule has 2 heterocycles. The highest BCUT2D eigenvalue weighted by molar-refractivity contribution is 9.10. The van der Waals surface area contributed by atoms with E-state index >= 15 is 0 Å². The number of carbonyl (C=O) groups is 1. The van der Waals surface area contributed by atoms with Gasteiger partial charge in [0.2, 0.25) is 5.95 Å². The molecule has 1 unspecified atom stereocenters. The number of hydrogen-bond acceptors (Lipinski definition) is 6. The maximum Gasteiger partial charge on any atom is 0.355 e. The molecule has 7 nitrogen and oxygen atoms in total. The van der Waals surface area contributed by atoms with Gasteiger partial charge in [-0.25, -0.2) is 14.8 Å². The minimum Gasteiger partial charge on any atom is -0.476 e. The fraction of sp³-hybridized carbons (Fsp3) is 0.0476. The molecule has 30 heavy (non-hydrogen) atoms. The summed E-state index contributed by atoms with van der Waals surface area (Å²) in [6.07, 6.45) is 3.21. The van der Waals surface area contributed by atoms with Gasteiger partial charge in [-0.3, -0.25) is 4.21 Å². The Morgan fingerprint density at radius 1 is 1.07 bits per heavy atom. The lowest BCUT2D eigenvalue weighted by molar-refractivity contribution is 0.0692. The highest BCUT2D eigenvalue weighted by atomic mass is 79.9. The Morgan fingerprint density at radius 3 is 2.47 bits per heavy atom. The monoisotopic (exact) mass is 482 g/mol. The van der Waals surface area contributed by atoms with E-state index in [0.29, 0.717) is 21.5 Å². The van der Waals surface area contributed by atoms with Gasteiger partial charge in [0.15, 0.2) is 11.3 Å². The van der Waals surface area contributed by atoms with Crippen LogP contribution >= 0.6 is 15.9 Å². The lowest BCUT2D eigenvalue weighted by Gasteiger charge is -2.10. The number of nitrogens with one attached hydrogen (secondary N) is 1. The van der Waals surface area contributed by atoms with Gasteiger partial charge in [0.25, 0.3) is 0 Å². The first kappa shape index (κ1) is 20.1. The molecule has 0 aliphatic rings. The third-order valence-electron chi connectivity index (χ3n) is 4.38. The quantitative estimate of drug-likeness (QED) is 0.426. The Morgan fingerprint density at radius 2 is 1.80 bits per heavy atom. The maximum absolute atomic E-state index is 11.9. The van der Waals surface area contributed by atoms with Gasteiger partial charge in [0, 0.05) is 49.3 Å².